The molecule has 1 heterocycles. The van der Waals surface area contributed by atoms with E-state index >= 15 is 0 Å². The van der Waals surface area contributed by atoms with Crippen LogP contribution in [0.1, 0.15) is 19.3 Å². The smallest absolute Gasteiger partial charge is 0.342 e. The molecule has 0 amide bonds. The second kappa shape index (κ2) is 7.13. The third-order valence-corrected chi connectivity index (χ3v) is 6.93. The molecule has 1 aliphatic heterocycles. The van der Waals surface area contributed by atoms with Crippen molar-refractivity contribution in [3.05, 3.63) is 0 Å². The van der Waals surface area contributed by atoms with Crippen LogP contribution in [0, 0.1) is 0 Å². The van der Waals surface area contributed by atoms with Gasteiger partial charge in [-0.05, 0) is 24.9 Å². The zero-order valence-corrected chi connectivity index (χ0v) is 12.2. The number of rotatable bonds is 7. The van der Waals surface area contributed by atoms with Gasteiger partial charge in [-0.25, -0.2) is 9.79 Å². The molecule has 7 heteroatoms. The zero-order chi connectivity index (χ0) is 13.5. The summed E-state index contributed by atoms with van der Waals surface area (Å²) < 4.78 is 22.3. The normalized spacial score (nSPS) is 26.6. The molecule has 0 spiro atoms. The molecule has 6 nitrogen and oxygen atoms in total. The number of hydrogen-bond acceptors (Lipinski definition) is 6. The molecule has 1 atom stereocenters. The molecular formula is C11H21NO5Si. The number of ether oxygens (including phenoxy) is 2. The number of nitrogens with zero attached hydrogens (tertiary/aromatic N) is 1. The summed E-state index contributed by atoms with van der Waals surface area (Å²) in [7, 11) is 2.48. The summed E-state index contributed by atoms with van der Waals surface area (Å²) in [5, 5.41) is 0. The van der Waals surface area contributed by atoms with E-state index in [1.165, 1.54) is 6.08 Å². The lowest BCUT2D eigenvalue weighted by Crippen LogP contribution is -2.55. The van der Waals surface area contributed by atoms with Crippen LogP contribution in [0.5, 0.6) is 0 Å². The van der Waals surface area contributed by atoms with Crippen LogP contribution in [0.25, 0.3) is 0 Å². The van der Waals surface area contributed by atoms with Crippen LogP contribution in [0.4, 0.5) is 0 Å². The van der Waals surface area contributed by atoms with Crippen molar-refractivity contribution in [3.8, 4) is 0 Å². The summed E-state index contributed by atoms with van der Waals surface area (Å²) in [6.07, 6.45) is 3.92. The first kappa shape index (κ1) is 15.5. The van der Waals surface area contributed by atoms with Crippen molar-refractivity contribution >= 4 is 14.6 Å². The Morgan fingerprint density at radius 1 is 1.39 bits per heavy atom. The molecule has 0 aromatic heterocycles. The van der Waals surface area contributed by atoms with Gasteiger partial charge in [0.2, 0.25) is 6.08 Å². The van der Waals surface area contributed by atoms with E-state index in [0.717, 1.165) is 24.9 Å². The van der Waals surface area contributed by atoms with Gasteiger partial charge < -0.3 is 18.3 Å². The Labute approximate surface area is 109 Å². The van der Waals surface area contributed by atoms with Gasteiger partial charge in [0.25, 0.3) is 5.97 Å². The molecule has 0 N–H and O–H groups in total. The largest absolute Gasteiger partial charge is 0.397 e. The van der Waals surface area contributed by atoms with Gasteiger partial charge in [-0.2, -0.15) is 0 Å². The van der Waals surface area contributed by atoms with Gasteiger partial charge in [-0.1, -0.05) is 0 Å². The maximum atomic E-state index is 10.0. The standard InChI is InChI=1S/C11H21NO5Si/c1-14-11(15-2)6-4-8-18(16-3,17-11)9-5-7-12-10-13/h4-9H2,1-3H3. The van der Waals surface area contributed by atoms with Crippen LogP contribution in [0.15, 0.2) is 4.99 Å². The average Bonchev–Trinajstić information content (AvgIpc) is 2.44. The van der Waals surface area contributed by atoms with Crippen molar-refractivity contribution in [2.24, 2.45) is 4.99 Å². The van der Waals surface area contributed by atoms with Crippen LogP contribution < -0.4 is 0 Å². The fourth-order valence-electron chi connectivity index (χ4n) is 2.23. The summed E-state index contributed by atoms with van der Waals surface area (Å²) in [6, 6.07) is 1.67. The highest BCUT2D eigenvalue weighted by atomic mass is 28.4. The minimum Gasteiger partial charge on any atom is -0.397 e. The molecule has 1 rings (SSSR count). The monoisotopic (exact) mass is 275 g/mol. The highest BCUT2D eigenvalue weighted by Gasteiger charge is 2.49. The predicted molar refractivity (Wildman–Crippen MR) is 67.1 cm³/mol. The van der Waals surface area contributed by atoms with Crippen LogP contribution in [0.3, 0.4) is 0 Å². The lowest BCUT2D eigenvalue weighted by molar-refractivity contribution is -0.341. The zero-order valence-electron chi connectivity index (χ0n) is 11.2. The maximum absolute atomic E-state index is 10.0. The Kier molecular flexibility index (Phi) is 6.14. The molecule has 18 heavy (non-hydrogen) atoms. The molecule has 0 radical (unpaired) electrons. The molecule has 1 fully saturated rings. The van der Waals surface area contributed by atoms with E-state index in [2.05, 4.69) is 4.99 Å². The third kappa shape index (κ3) is 3.71. The van der Waals surface area contributed by atoms with E-state index in [9.17, 15) is 4.79 Å². The predicted octanol–water partition coefficient (Wildman–Crippen LogP) is 1.56. The summed E-state index contributed by atoms with van der Waals surface area (Å²) >= 11 is 0. The van der Waals surface area contributed by atoms with E-state index in [0.29, 0.717) is 13.0 Å². The van der Waals surface area contributed by atoms with Crippen molar-refractivity contribution in [2.75, 3.05) is 27.9 Å². The number of carbonyl (C=O) groups excluding carboxylic acids is 1. The van der Waals surface area contributed by atoms with Crippen LogP contribution in [0.2, 0.25) is 12.1 Å². The topological polar surface area (TPSA) is 66.4 Å². The van der Waals surface area contributed by atoms with E-state index in [1.807, 2.05) is 0 Å². The first-order valence-electron chi connectivity index (χ1n) is 6.05. The molecule has 1 unspecified atom stereocenters. The molecule has 1 aliphatic rings. The number of isocyanates is 1. The Morgan fingerprint density at radius 2 is 2.11 bits per heavy atom. The van der Waals surface area contributed by atoms with Crippen molar-refractivity contribution in [3.63, 3.8) is 0 Å². The van der Waals surface area contributed by atoms with Crippen molar-refractivity contribution in [1.29, 1.82) is 0 Å². The Morgan fingerprint density at radius 3 is 2.67 bits per heavy atom. The summed E-state index contributed by atoms with van der Waals surface area (Å²) in [6.45, 7) is 0.456. The van der Waals surface area contributed by atoms with E-state index in [1.54, 1.807) is 21.3 Å². The molecule has 0 aromatic rings. The van der Waals surface area contributed by atoms with E-state index < -0.39 is 14.5 Å². The maximum Gasteiger partial charge on any atom is 0.342 e. The second-order valence-electron chi connectivity index (χ2n) is 4.24. The Bertz CT molecular complexity index is 304. The average molecular weight is 275 g/mol. The van der Waals surface area contributed by atoms with Crippen LogP contribution in [-0.2, 0) is 23.1 Å². The minimum atomic E-state index is -2.32. The molecule has 0 saturated carbocycles. The van der Waals surface area contributed by atoms with Gasteiger partial charge in [0.1, 0.15) is 0 Å². The van der Waals surface area contributed by atoms with Crippen molar-refractivity contribution < 1.29 is 23.1 Å². The van der Waals surface area contributed by atoms with Crippen molar-refractivity contribution in [1.82, 2.24) is 0 Å². The molecule has 104 valence electrons. The lowest BCUT2D eigenvalue weighted by atomic mass is 10.3. The van der Waals surface area contributed by atoms with Gasteiger partial charge in [0.05, 0.1) is 6.54 Å². The van der Waals surface area contributed by atoms with Crippen molar-refractivity contribution in [2.45, 2.75) is 37.3 Å². The summed E-state index contributed by atoms with van der Waals surface area (Å²) in [4.78, 5) is 13.6. The minimum absolute atomic E-state index is 0.456. The first-order chi connectivity index (χ1) is 8.66. The van der Waals surface area contributed by atoms with Crippen LogP contribution in [-0.4, -0.2) is 48.5 Å². The number of aliphatic imine (C=N–C) groups is 1. The lowest BCUT2D eigenvalue weighted by Gasteiger charge is -2.43. The second-order valence-corrected chi connectivity index (χ2v) is 7.67. The first-order valence-corrected chi connectivity index (χ1v) is 8.28. The molecule has 0 bridgehead atoms. The highest BCUT2D eigenvalue weighted by molar-refractivity contribution is 6.67. The van der Waals surface area contributed by atoms with Gasteiger partial charge in [0, 0.05) is 27.8 Å². The van der Waals surface area contributed by atoms with E-state index in [-0.39, 0.29) is 0 Å². The molecule has 0 aromatic carbocycles. The summed E-state index contributed by atoms with van der Waals surface area (Å²) in [5.74, 6) is -0.978. The van der Waals surface area contributed by atoms with Crippen LogP contribution >= 0.6 is 0 Å². The molecule has 1 saturated heterocycles. The third-order valence-electron chi connectivity index (χ3n) is 3.27. The molecule has 0 aliphatic carbocycles. The number of methoxy groups -OCH3 is 2. The molecular weight excluding hydrogens is 254 g/mol. The van der Waals surface area contributed by atoms with Gasteiger partial charge >= 0.3 is 8.56 Å². The fraction of sp³-hybridized carbons (Fsp3) is 0.909. The quantitative estimate of drug-likeness (QED) is 0.232. The Balaban J connectivity index is 2.64. The van der Waals surface area contributed by atoms with E-state index in [4.69, 9.17) is 18.3 Å². The number of hydrogen-bond donors (Lipinski definition) is 0. The SMILES string of the molecule is COC1(OC)CCC[Si](CCCN=C=O)(OC)O1. The van der Waals surface area contributed by atoms with Gasteiger partial charge in [0.15, 0.2) is 0 Å². The Hall–Kier alpha value is -0.563. The van der Waals surface area contributed by atoms with Gasteiger partial charge in [-0.3, -0.25) is 0 Å². The fourth-order valence-corrected chi connectivity index (χ4v) is 5.42. The summed E-state index contributed by atoms with van der Waals surface area (Å²) in [5.41, 5.74) is 0. The van der Waals surface area contributed by atoms with Gasteiger partial charge in [-0.15, -0.1) is 0 Å². The highest BCUT2D eigenvalue weighted by Crippen LogP contribution is 2.37.